The van der Waals surface area contributed by atoms with Crippen LogP contribution in [-0.2, 0) is 0 Å². The zero-order chi connectivity index (χ0) is 7.84. The SMILES string of the molecule is Cc1nn(P)c2ncccc12. The maximum atomic E-state index is 4.21. The summed E-state index contributed by atoms with van der Waals surface area (Å²) in [7, 11) is 2.51. The van der Waals surface area contributed by atoms with Crippen LogP contribution in [0.1, 0.15) is 5.69 Å². The first-order valence-corrected chi connectivity index (χ1v) is 3.86. The first-order chi connectivity index (χ1) is 5.29. The molecule has 0 aliphatic heterocycles. The molecule has 2 rings (SSSR count). The second-order valence-electron chi connectivity index (χ2n) is 2.40. The van der Waals surface area contributed by atoms with Crippen molar-refractivity contribution in [1.29, 1.82) is 0 Å². The van der Waals surface area contributed by atoms with Crippen LogP contribution in [-0.4, -0.2) is 14.5 Å². The molecule has 0 amide bonds. The van der Waals surface area contributed by atoms with E-state index in [1.165, 1.54) is 0 Å². The zero-order valence-corrected chi connectivity index (χ0v) is 7.31. The van der Waals surface area contributed by atoms with Gasteiger partial charge in [0.1, 0.15) is 0 Å². The van der Waals surface area contributed by atoms with Gasteiger partial charge in [0.05, 0.1) is 5.69 Å². The molecule has 1 atom stereocenters. The Morgan fingerprint density at radius 3 is 3.09 bits per heavy atom. The van der Waals surface area contributed by atoms with E-state index >= 15 is 0 Å². The predicted octanol–water partition coefficient (Wildman–Crippen LogP) is 1.38. The van der Waals surface area contributed by atoms with Crippen LogP contribution in [0.25, 0.3) is 11.0 Å². The summed E-state index contributed by atoms with van der Waals surface area (Å²) >= 11 is 0. The Balaban J connectivity index is 2.95. The van der Waals surface area contributed by atoms with Gasteiger partial charge in [0, 0.05) is 11.6 Å². The first-order valence-electron chi connectivity index (χ1n) is 3.34. The van der Waals surface area contributed by atoms with E-state index in [-0.39, 0.29) is 0 Å². The van der Waals surface area contributed by atoms with Gasteiger partial charge in [-0.25, -0.2) is 9.44 Å². The molecule has 0 saturated heterocycles. The van der Waals surface area contributed by atoms with E-state index in [0.29, 0.717) is 0 Å². The Hall–Kier alpha value is -0.950. The topological polar surface area (TPSA) is 30.7 Å². The maximum absolute atomic E-state index is 4.21. The van der Waals surface area contributed by atoms with Crippen molar-refractivity contribution in [3.63, 3.8) is 0 Å². The molecule has 0 saturated carbocycles. The highest BCUT2D eigenvalue weighted by atomic mass is 31.0. The molecule has 0 radical (unpaired) electrons. The summed E-state index contributed by atoms with van der Waals surface area (Å²) in [5.41, 5.74) is 1.93. The molecule has 11 heavy (non-hydrogen) atoms. The summed E-state index contributed by atoms with van der Waals surface area (Å²) in [6.07, 6.45) is 1.77. The van der Waals surface area contributed by atoms with Crippen molar-refractivity contribution < 1.29 is 0 Å². The average Bonchev–Trinajstić information content (AvgIpc) is 2.30. The quantitative estimate of drug-likeness (QED) is 0.552. The third-order valence-corrected chi connectivity index (χ3v) is 2.01. The van der Waals surface area contributed by atoms with Crippen molar-refractivity contribution in [2.75, 3.05) is 0 Å². The summed E-state index contributed by atoms with van der Waals surface area (Å²) in [6.45, 7) is 1.98. The smallest absolute Gasteiger partial charge is 0.160 e. The Kier molecular flexibility index (Phi) is 1.40. The molecule has 0 N–H and O–H groups in total. The summed E-state index contributed by atoms with van der Waals surface area (Å²) in [5, 5.41) is 5.32. The fraction of sp³-hybridized carbons (Fsp3) is 0.143. The molecule has 1 unspecified atom stereocenters. The third kappa shape index (κ3) is 0.925. The summed E-state index contributed by atoms with van der Waals surface area (Å²) in [5.74, 6) is 0. The predicted molar refractivity (Wildman–Crippen MR) is 47.4 cm³/mol. The van der Waals surface area contributed by atoms with Crippen LogP contribution in [0.4, 0.5) is 0 Å². The largest absolute Gasteiger partial charge is 0.237 e. The number of fused-ring (bicyclic) bond motifs is 1. The highest BCUT2D eigenvalue weighted by molar-refractivity contribution is 7.14. The second kappa shape index (κ2) is 2.28. The standard InChI is InChI=1S/C7H8N3P/c1-5-6-3-2-4-8-7(6)10(11)9-5/h2-4H,11H2,1H3. The highest BCUT2D eigenvalue weighted by Gasteiger charge is 2.02. The molecule has 2 aromatic rings. The summed E-state index contributed by atoms with van der Waals surface area (Å²) in [4.78, 5) is 4.18. The molecule has 0 aliphatic rings. The maximum Gasteiger partial charge on any atom is 0.160 e. The lowest BCUT2D eigenvalue weighted by atomic mass is 10.3. The molecule has 56 valence electrons. The fourth-order valence-electron chi connectivity index (χ4n) is 1.12. The Morgan fingerprint density at radius 1 is 1.55 bits per heavy atom. The van der Waals surface area contributed by atoms with Gasteiger partial charge in [-0.05, 0) is 28.4 Å². The first kappa shape index (κ1) is 6.74. The fourth-order valence-corrected chi connectivity index (χ4v) is 1.50. The van der Waals surface area contributed by atoms with E-state index in [9.17, 15) is 0 Å². The van der Waals surface area contributed by atoms with Gasteiger partial charge in [-0.2, -0.15) is 5.10 Å². The molecular weight excluding hydrogens is 157 g/mol. The van der Waals surface area contributed by atoms with E-state index in [0.717, 1.165) is 16.7 Å². The van der Waals surface area contributed by atoms with Gasteiger partial charge in [0.2, 0.25) is 0 Å². The van der Waals surface area contributed by atoms with Crippen molar-refractivity contribution in [3.05, 3.63) is 24.0 Å². The highest BCUT2D eigenvalue weighted by Crippen LogP contribution is 2.15. The van der Waals surface area contributed by atoms with Crippen LogP contribution in [0.5, 0.6) is 0 Å². The molecule has 0 fully saturated rings. The molecule has 0 bridgehead atoms. The van der Waals surface area contributed by atoms with Crippen molar-refractivity contribution in [2.24, 2.45) is 0 Å². The Morgan fingerprint density at radius 2 is 2.36 bits per heavy atom. The lowest BCUT2D eigenvalue weighted by Crippen LogP contribution is -1.82. The van der Waals surface area contributed by atoms with Crippen molar-refractivity contribution in [2.45, 2.75) is 6.92 Å². The number of nitrogens with zero attached hydrogens (tertiary/aromatic N) is 3. The Labute approximate surface area is 66.7 Å². The summed E-state index contributed by atoms with van der Waals surface area (Å²) in [6, 6.07) is 3.94. The third-order valence-electron chi connectivity index (χ3n) is 1.65. The van der Waals surface area contributed by atoms with Gasteiger partial charge in [-0.15, -0.1) is 0 Å². The van der Waals surface area contributed by atoms with E-state index < -0.39 is 0 Å². The molecule has 3 nitrogen and oxygen atoms in total. The van der Waals surface area contributed by atoms with Crippen LogP contribution in [0.2, 0.25) is 0 Å². The summed E-state index contributed by atoms with van der Waals surface area (Å²) < 4.78 is 1.71. The van der Waals surface area contributed by atoms with Gasteiger partial charge < -0.3 is 0 Å². The minimum Gasteiger partial charge on any atom is -0.237 e. The van der Waals surface area contributed by atoms with Crippen LogP contribution < -0.4 is 0 Å². The number of rotatable bonds is 0. The zero-order valence-electron chi connectivity index (χ0n) is 6.15. The van der Waals surface area contributed by atoms with E-state index in [4.69, 9.17) is 0 Å². The van der Waals surface area contributed by atoms with E-state index in [1.54, 1.807) is 10.6 Å². The minimum atomic E-state index is 0.912. The lowest BCUT2D eigenvalue weighted by Gasteiger charge is -1.88. The van der Waals surface area contributed by atoms with Crippen LogP contribution >= 0.6 is 9.39 Å². The monoisotopic (exact) mass is 165 g/mol. The number of aryl methyl sites for hydroxylation is 1. The van der Waals surface area contributed by atoms with Gasteiger partial charge in [-0.1, -0.05) is 0 Å². The lowest BCUT2D eigenvalue weighted by molar-refractivity contribution is 0.991. The van der Waals surface area contributed by atoms with Gasteiger partial charge >= 0.3 is 0 Å². The second-order valence-corrected chi connectivity index (χ2v) is 2.89. The van der Waals surface area contributed by atoms with Gasteiger partial charge in [-0.3, -0.25) is 0 Å². The minimum absolute atomic E-state index is 0.912. The molecule has 0 aromatic carbocycles. The number of hydrogen-bond donors (Lipinski definition) is 0. The van der Waals surface area contributed by atoms with E-state index in [2.05, 4.69) is 19.5 Å². The molecule has 0 spiro atoms. The van der Waals surface area contributed by atoms with E-state index in [1.807, 2.05) is 19.1 Å². The molecular formula is C7H8N3P. The molecule has 2 heterocycles. The van der Waals surface area contributed by atoms with Crippen LogP contribution in [0, 0.1) is 6.92 Å². The van der Waals surface area contributed by atoms with Crippen molar-refractivity contribution in [3.8, 4) is 0 Å². The van der Waals surface area contributed by atoms with Crippen molar-refractivity contribution in [1.82, 2.24) is 14.5 Å². The molecule has 2 aromatic heterocycles. The van der Waals surface area contributed by atoms with Gasteiger partial charge in [0.25, 0.3) is 0 Å². The van der Waals surface area contributed by atoms with Crippen molar-refractivity contribution >= 4 is 20.4 Å². The number of aromatic nitrogens is 3. The van der Waals surface area contributed by atoms with Gasteiger partial charge in [0.15, 0.2) is 5.65 Å². The van der Waals surface area contributed by atoms with Crippen LogP contribution in [0.3, 0.4) is 0 Å². The number of hydrogen-bond acceptors (Lipinski definition) is 2. The molecule has 4 heteroatoms. The van der Waals surface area contributed by atoms with Crippen LogP contribution in [0.15, 0.2) is 18.3 Å². The Bertz CT molecular complexity index is 357. The molecule has 0 aliphatic carbocycles. The normalized spacial score (nSPS) is 10.7. The number of pyridine rings is 1. The average molecular weight is 165 g/mol.